The number of benzene rings is 1. The molecule has 5 nitrogen and oxygen atoms in total. The first-order chi connectivity index (χ1) is 9.48. The van der Waals surface area contributed by atoms with Crippen LogP contribution in [0.25, 0.3) is 5.57 Å². The Bertz CT molecular complexity index is 667. The Balaban J connectivity index is 2.57. The molecule has 0 aliphatic heterocycles. The molecule has 100 valence electrons. The highest BCUT2D eigenvalue weighted by atomic mass is 16.4. The lowest BCUT2D eigenvalue weighted by atomic mass is 9.75. The van der Waals surface area contributed by atoms with E-state index in [0.29, 0.717) is 11.1 Å². The van der Waals surface area contributed by atoms with Gasteiger partial charge in [-0.1, -0.05) is 30.3 Å². The molecule has 0 fully saturated rings. The summed E-state index contributed by atoms with van der Waals surface area (Å²) in [5.41, 5.74) is -0.790. The first kappa shape index (κ1) is 13.6. The Morgan fingerprint density at radius 3 is 2.35 bits per heavy atom. The van der Waals surface area contributed by atoms with Gasteiger partial charge in [0.2, 0.25) is 0 Å². The fourth-order valence-corrected chi connectivity index (χ4v) is 2.12. The number of nitrogens with zero attached hydrogens (tertiary/aromatic N) is 1. The zero-order chi connectivity index (χ0) is 14.8. The molecule has 1 aromatic carbocycles. The van der Waals surface area contributed by atoms with Crippen molar-refractivity contribution in [2.75, 3.05) is 0 Å². The van der Waals surface area contributed by atoms with Gasteiger partial charge in [-0.25, -0.2) is 4.79 Å². The Morgan fingerprint density at radius 1 is 1.20 bits per heavy atom. The van der Waals surface area contributed by atoms with Gasteiger partial charge in [-0.3, -0.25) is 4.79 Å². The second-order valence-corrected chi connectivity index (χ2v) is 4.51. The van der Waals surface area contributed by atoms with Crippen molar-refractivity contribution in [1.29, 1.82) is 5.26 Å². The molecule has 0 spiro atoms. The van der Waals surface area contributed by atoms with Crippen molar-refractivity contribution in [3.05, 3.63) is 53.6 Å². The third-order valence-electron chi connectivity index (χ3n) is 3.17. The van der Waals surface area contributed by atoms with E-state index in [9.17, 15) is 20.0 Å². The van der Waals surface area contributed by atoms with Crippen LogP contribution < -0.4 is 0 Å². The fourth-order valence-electron chi connectivity index (χ4n) is 2.12. The van der Waals surface area contributed by atoms with Crippen molar-refractivity contribution in [3.63, 3.8) is 0 Å². The normalized spacial score (nSPS) is 21.4. The number of carboxylic acid groups (broad SMARTS) is 2. The summed E-state index contributed by atoms with van der Waals surface area (Å²) in [4.78, 5) is 22.5. The summed E-state index contributed by atoms with van der Waals surface area (Å²) >= 11 is 0. The number of allylic oxidation sites excluding steroid dienone is 1. The van der Waals surface area contributed by atoms with Crippen molar-refractivity contribution in [1.82, 2.24) is 0 Å². The number of rotatable bonds is 3. The summed E-state index contributed by atoms with van der Waals surface area (Å²) in [5.74, 6) is -2.60. The van der Waals surface area contributed by atoms with Crippen LogP contribution in [0.4, 0.5) is 0 Å². The van der Waals surface area contributed by atoms with Crippen molar-refractivity contribution in [2.24, 2.45) is 5.41 Å². The summed E-state index contributed by atoms with van der Waals surface area (Å²) in [7, 11) is 0. The smallest absolute Gasteiger partial charge is 0.335 e. The maximum absolute atomic E-state index is 11.4. The Morgan fingerprint density at radius 2 is 1.85 bits per heavy atom. The molecule has 20 heavy (non-hydrogen) atoms. The molecule has 0 saturated carbocycles. The molecule has 0 heterocycles. The molecule has 1 aliphatic rings. The van der Waals surface area contributed by atoms with Crippen LogP contribution in [-0.4, -0.2) is 22.2 Å². The number of carboxylic acids is 2. The molecule has 0 bridgehead atoms. The van der Waals surface area contributed by atoms with Crippen molar-refractivity contribution in [2.45, 2.75) is 6.42 Å². The quantitative estimate of drug-likeness (QED) is 0.875. The second-order valence-electron chi connectivity index (χ2n) is 4.51. The van der Waals surface area contributed by atoms with Crippen LogP contribution in [0.15, 0.2) is 48.1 Å². The lowest BCUT2D eigenvalue weighted by molar-refractivity contribution is -0.143. The van der Waals surface area contributed by atoms with Gasteiger partial charge in [-0.15, -0.1) is 0 Å². The molecule has 0 saturated heterocycles. The summed E-state index contributed by atoms with van der Waals surface area (Å²) in [6.45, 7) is 0. The highest BCUT2D eigenvalue weighted by Crippen LogP contribution is 2.38. The second kappa shape index (κ2) is 5.02. The van der Waals surface area contributed by atoms with E-state index in [1.807, 2.05) is 0 Å². The van der Waals surface area contributed by atoms with E-state index in [1.165, 1.54) is 6.08 Å². The number of hydrogen-bond donors (Lipinski definition) is 2. The van der Waals surface area contributed by atoms with E-state index < -0.39 is 17.4 Å². The van der Waals surface area contributed by atoms with Crippen LogP contribution in [0.2, 0.25) is 0 Å². The molecule has 1 aromatic rings. The molecule has 2 rings (SSSR count). The van der Waals surface area contributed by atoms with Crippen LogP contribution >= 0.6 is 0 Å². The number of hydrogen-bond acceptors (Lipinski definition) is 3. The van der Waals surface area contributed by atoms with Gasteiger partial charge >= 0.3 is 11.9 Å². The van der Waals surface area contributed by atoms with Gasteiger partial charge in [-0.05, 0) is 23.3 Å². The summed E-state index contributed by atoms with van der Waals surface area (Å²) < 4.78 is 0. The predicted octanol–water partition coefficient (Wildman–Crippen LogP) is 2.08. The summed E-state index contributed by atoms with van der Waals surface area (Å²) in [5, 5.41) is 27.5. The fraction of sp³-hybridized carbons (Fsp3) is 0.133. The first-order valence-electron chi connectivity index (χ1n) is 5.85. The van der Waals surface area contributed by atoms with Gasteiger partial charge in [0.05, 0.1) is 11.6 Å². The van der Waals surface area contributed by atoms with Gasteiger partial charge < -0.3 is 10.2 Å². The molecular weight excluding hydrogens is 258 g/mol. The Kier molecular flexibility index (Phi) is 3.40. The monoisotopic (exact) mass is 269 g/mol. The number of aliphatic carboxylic acids is 2. The molecular formula is C15H11NO4. The first-order valence-corrected chi connectivity index (χ1v) is 5.85. The van der Waals surface area contributed by atoms with Crippen LogP contribution in [0, 0.1) is 16.7 Å². The Labute approximate surface area is 115 Å². The van der Waals surface area contributed by atoms with E-state index in [1.54, 1.807) is 36.4 Å². The van der Waals surface area contributed by atoms with Crippen LogP contribution in [0.1, 0.15) is 12.0 Å². The van der Waals surface area contributed by atoms with Crippen LogP contribution in [-0.2, 0) is 9.59 Å². The van der Waals surface area contributed by atoms with E-state index >= 15 is 0 Å². The highest BCUT2D eigenvalue weighted by molar-refractivity contribution is 5.97. The minimum atomic E-state index is -1.84. The minimum Gasteiger partial charge on any atom is -0.480 e. The number of nitriles is 1. The third kappa shape index (κ3) is 2.31. The molecule has 2 N–H and O–H groups in total. The van der Waals surface area contributed by atoms with Crippen LogP contribution in [0.3, 0.4) is 0 Å². The lowest BCUT2D eigenvalue weighted by Gasteiger charge is -2.24. The third-order valence-corrected chi connectivity index (χ3v) is 3.17. The maximum atomic E-state index is 11.4. The molecule has 0 aromatic heterocycles. The average Bonchev–Trinajstić information content (AvgIpc) is 2.47. The molecule has 0 radical (unpaired) electrons. The predicted molar refractivity (Wildman–Crippen MR) is 70.4 cm³/mol. The zero-order valence-corrected chi connectivity index (χ0v) is 10.4. The number of carbonyl (C=O) groups is 2. The molecule has 1 atom stereocenters. The Hall–Kier alpha value is -2.87. The standard InChI is InChI=1S/C15H11NO4/c16-9-15(14(19)20)7-11(6-12(8-15)13(17)18)10-4-2-1-3-5-10/h1-6,8H,7H2,(H,17,18)(H,19,20). The van der Waals surface area contributed by atoms with Gasteiger partial charge in [0, 0.05) is 6.42 Å². The molecule has 5 heteroatoms. The topological polar surface area (TPSA) is 98.4 Å². The molecule has 0 amide bonds. The van der Waals surface area contributed by atoms with Gasteiger partial charge in [-0.2, -0.15) is 5.26 Å². The van der Waals surface area contributed by atoms with Gasteiger partial charge in [0.25, 0.3) is 0 Å². The SMILES string of the molecule is N#CC1(C(=O)O)C=C(C(=O)O)C=C(c2ccccc2)C1. The van der Waals surface area contributed by atoms with E-state index in [2.05, 4.69) is 0 Å². The van der Waals surface area contributed by atoms with Gasteiger partial charge in [0.1, 0.15) is 0 Å². The van der Waals surface area contributed by atoms with Gasteiger partial charge in [0.15, 0.2) is 5.41 Å². The maximum Gasteiger partial charge on any atom is 0.335 e. The largest absolute Gasteiger partial charge is 0.480 e. The average molecular weight is 269 g/mol. The highest BCUT2D eigenvalue weighted by Gasteiger charge is 2.41. The molecule has 1 aliphatic carbocycles. The van der Waals surface area contributed by atoms with Crippen LogP contribution in [0.5, 0.6) is 0 Å². The van der Waals surface area contributed by atoms with Crippen molar-refractivity contribution in [3.8, 4) is 6.07 Å². The van der Waals surface area contributed by atoms with Crippen molar-refractivity contribution < 1.29 is 19.8 Å². The zero-order valence-electron chi connectivity index (χ0n) is 10.4. The summed E-state index contributed by atoms with van der Waals surface area (Å²) in [6.07, 6.45) is 2.36. The van der Waals surface area contributed by atoms with E-state index in [4.69, 9.17) is 5.11 Å². The summed E-state index contributed by atoms with van der Waals surface area (Å²) in [6, 6.07) is 10.6. The van der Waals surface area contributed by atoms with E-state index in [0.717, 1.165) is 6.08 Å². The van der Waals surface area contributed by atoms with Crippen molar-refractivity contribution >= 4 is 17.5 Å². The van der Waals surface area contributed by atoms with E-state index in [-0.39, 0.29) is 12.0 Å². The minimum absolute atomic E-state index is 0.0559. The molecule has 1 unspecified atom stereocenters. The lowest BCUT2D eigenvalue weighted by Crippen LogP contribution is -2.30.